The van der Waals surface area contributed by atoms with Crippen LogP contribution in [-0.2, 0) is 11.3 Å². The van der Waals surface area contributed by atoms with Crippen molar-refractivity contribution in [1.29, 1.82) is 0 Å². The highest BCUT2D eigenvalue weighted by Gasteiger charge is 2.19. The summed E-state index contributed by atoms with van der Waals surface area (Å²) in [7, 11) is 1.54. The lowest BCUT2D eigenvalue weighted by atomic mass is 10.0. The molecule has 18 heavy (non-hydrogen) atoms. The van der Waals surface area contributed by atoms with Gasteiger partial charge in [-0.2, -0.15) is 0 Å². The van der Waals surface area contributed by atoms with Crippen LogP contribution in [0.2, 0.25) is 0 Å². The Labute approximate surface area is 106 Å². The topological polar surface area (TPSA) is 84.6 Å². The van der Waals surface area contributed by atoms with Crippen LogP contribution in [0.5, 0.6) is 0 Å². The number of ether oxygens (including phenoxy) is 1. The molecule has 2 N–H and O–H groups in total. The molecule has 1 amide bonds. The van der Waals surface area contributed by atoms with Crippen molar-refractivity contribution in [2.75, 3.05) is 13.7 Å². The molecule has 0 saturated heterocycles. The molecule has 1 rings (SSSR count). The van der Waals surface area contributed by atoms with E-state index < -0.39 is 0 Å². The average molecular weight is 256 g/mol. The first-order valence-electron chi connectivity index (χ1n) is 5.94. The summed E-state index contributed by atoms with van der Waals surface area (Å²) in [5.74, 6) is 0.450. The highest BCUT2D eigenvalue weighted by Crippen LogP contribution is 2.09. The van der Waals surface area contributed by atoms with E-state index in [0.717, 1.165) is 0 Å². The fourth-order valence-corrected chi connectivity index (χ4v) is 1.58. The maximum Gasteiger partial charge on any atom is 0.273 e. The number of aliphatic hydroxyl groups is 1. The first-order chi connectivity index (χ1) is 8.58. The number of nitrogens with one attached hydrogen (secondary N) is 1. The number of methoxy groups -OCH3 is 1. The summed E-state index contributed by atoms with van der Waals surface area (Å²) < 4.78 is 9.82. The lowest BCUT2D eigenvalue weighted by Gasteiger charge is -2.20. The van der Waals surface area contributed by atoms with Crippen molar-refractivity contribution in [2.45, 2.75) is 32.9 Å². The Hall–Kier alpha value is -1.40. The van der Waals surface area contributed by atoms with E-state index in [0.29, 0.717) is 12.2 Å². The van der Waals surface area contributed by atoms with E-state index in [4.69, 9.17) is 14.4 Å². The molecule has 0 aliphatic carbocycles. The maximum absolute atomic E-state index is 11.9. The lowest BCUT2D eigenvalue weighted by molar-refractivity contribution is 0.0906. The minimum atomic E-state index is -0.298. The van der Waals surface area contributed by atoms with E-state index in [1.807, 2.05) is 13.8 Å². The third kappa shape index (κ3) is 4.12. The van der Waals surface area contributed by atoms with E-state index in [-0.39, 0.29) is 36.8 Å². The minimum absolute atomic E-state index is 0.0386. The van der Waals surface area contributed by atoms with Gasteiger partial charge in [0.25, 0.3) is 5.91 Å². The summed E-state index contributed by atoms with van der Waals surface area (Å²) in [6, 6.07) is 1.47. The molecule has 6 nitrogen and oxygen atoms in total. The number of carbonyl (C=O) groups excluding carboxylic acids is 1. The molecular weight excluding hydrogens is 236 g/mol. The number of amides is 1. The quantitative estimate of drug-likeness (QED) is 0.759. The number of hydrogen-bond donors (Lipinski definition) is 2. The molecule has 102 valence electrons. The minimum Gasteiger partial charge on any atom is -0.396 e. The van der Waals surface area contributed by atoms with Crippen molar-refractivity contribution in [3.05, 3.63) is 17.5 Å². The Balaban J connectivity index is 2.62. The molecule has 1 atom stereocenters. The fourth-order valence-electron chi connectivity index (χ4n) is 1.58. The highest BCUT2D eigenvalue weighted by molar-refractivity contribution is 5.92. The van der Waals surface area contributed by atoms with Gasteiger partial charge in [0.15, 0.2) is 11.5 Å². The molecule has 0 spiro atoms. The molecule has 6 heteroatoms. The van der Waals surface area contributed by atoms with Gasteiger partial charge in [-0.3, -0.25) is 4.79 Å². The van der Waals surface area contributed by atoms with Crippen LogP contribution in [0.4, 0.5) is 0 Å². The van der Waals surface area contributed by atoms with Gasteiger partial charge in [-0.1, -0.05) is 19.0 Å². The fraction of sp³-hybridized carbons (Fsp3) is 0.667. The molecule has 1 unspecified atom stereocenters. The van der Waals surface area contributed by atoms with Crippen LogP contribution in [0.1, 0.15) is 36.5 Å². The predicted molar refractivity (Wildman–Crippen MR) is 65.0 cm³/mol. The van der Waals surface area contributed by atoms with E-state index in [1.165, 1.54) is 7.11 Å². The Morgan fingerprint density at radius 3 is 2.89 bits per heavy atom. The molecule has 0 aromatic carbocycles. The standard InChI is InChI=1S/C12H20N2O4/c1-8(2)10(4-5-15)13-12(16)11-6-9(7-17-3)18-14-11/h6,8,10,15H,4-5,7H2,1-3H3,(H,13,16). The van der Waals surface area contributed by atoms with E-state index >= 15 is 0 Å². The highest BCUT2D eigenvalue weighted by atomic mass is 16.5. The largest absolute Gasteiger partial charge is 0.396 e. The van der Waals surface area contributed by atoms with Crippen LogP contribution in [0, 0.1) is 5.92 Å². The average Bonchev–Trinajstić information content (AvgIpc) is 2.77. The molecule has 0 fully saturated rings. The third-order valence-corrected chi connectivity index (χ3v) is 2.64. The normalized spacial score (nSPS) is 12.7. The monoisotopic (exact) mass is 256 g/mol. The summed E-state index contributed by atoms with van der Waals surface area (Å²) in [6.07, 6.45) is 0.520. The number of hydrogen-bond acceptors (Lipinski definition) is 5. The zero-order valence-corrected chi connectivity index (χ0v) is 11.0. The molecular formula is C12H20N2O4. The first-order valence-corrected chi connectivity index (χ1v) is 5.94. The summed E-state index contributed by atoms with van der Waals surface area (Å²) in [4.78, 5) is 11.9. The number of aliphatic hydroxyl groups excluding tert-OH is 1. The van der Waals surface area contributed by atoms with Gasteiger partial charge >= 0.3 is 0 Å². The third-order valence-electron chi connectivity index (χ3n) is 2.64. The van der Waals surface area contributed by atoms with Crippen molar-refractivity contribution in [2.24, 2.45) is 5.92 Å². The molecule has 0 aliphatic heterocycles. The van der Waals surface area contributed by atoms with Crippen LogP contribution < -0.4 is 5.32 Å². The molecule has 0 aliphatic rings. The Morgan fingerprint density at radius 1 is 1.61 bits per heavy atom. The van der Waals surface area contributed by atoms with Gasteiger partial charge in [-0.25, -0.2) is 0 Å². The van der Waals surface area contributed by atoms with Gasteiger partial charge < -0.3 is 19.7 Å². The molecule has 0 saturated carbocycles. The molecule has 1 aromatic heterocycles. The molecule has 1 heterocycles. The smallest absolute Gasteiger partial charge is 0.273 e. The predicted octanol–water partition coefficient (Wildman–Crippen LogP) is 0.958. The zero-order valence-electron chi connectivity index (χ0n) is 11.0. The van der Waals surface area contributed by atoms with Crippen molar-refractivity contribution < 1.29 is 19.2 Å². The Morgan fingerprint density at radius 2 is 2.33 bits per heavy atom. The van der Waals surface area contributed by atoms with Crippen molar-refractivity contribution in [1.82, 2.24) is 10.5 Å². The van der Waals surface area contributed by atoms with Gasteiger partial charge in [-0.05, 0) is 12.3 Å². The number of aromatic nitrogens is 1. The number of rotatable bonds is 7. The van der Waals surface area contributed by atoms with Gasteiger partial charge in [-0.15, -0.1) is 0 Å². The van der Waals surface area contributed by atoms with Gasteiger partial charge in [0.05, 0.1) is 0 Å². The van der Waals surface area contributed by atoms with E-state index in [9.17, 15) is 4.79 Å². The van der Waals surface area contributed by atoms with Crippen molar-refractivity contribution >= 4 is 5.91 Å². The Bertz CT molecular complexity index is 376. The van der Waals surface area contributed by atoms with Crippen molar-refractivity contribution in [3.8, 4) is 0 Å². The summed E-state index contributed by atoms with van der Waals surface area (Å²) in [6.45, 7) is 4.29. The summed E-state index contributed by atoms with van der Waals surface area (Å²) in [5.41, 5.74) is 0.227. The second-order valence-electron chi connectivity index (χ2n) is 4.45. The van der Waals surface area contributed by atoms with Crippen LogP contribution >= 0.6 is 0 Å². The van der Waals surface area contributed by atoms with Crippen LogP contribution in [-0.4, -0.2) is 35.9 Å². The van der Waals surface area contributed by atoms with Crippen LogP contribution in [0.25, 0.3) is 0 Å². The number of nitrogens with zero attached hydrogens (tertiary/aromatic N) is 1. The Kier molecular flexibility index (Phi) is 5.80. The molecule has 0 bridgehead atoms. The SMILES string of the molecule is COCc1cc(C(=O)NC(CCO)C(C)C)no1. The molecule has 1 aromatic rings. The lowest BCUT2D eigenvalue weighted by Crippen LogP contribution is -2.39. The molecule has 0 radical (unpaired) electrons. The summed E-state index contributed by atoms with van der Waals surface area (Å²) >= 11 is 0. The van der Waals surface area contributed by atoms with Gasteiger partial charge in [0, 0.05) is 25.8 Å². The second kappa shape index (κ2) is 7.13. The van der Waals surface area contributed by atoms with Crippen LogP contribution in [0.15, 0.2) is 10.6 Å². The summed E-state index contributed by atoms with van der Waals surface area (Å²) in [5, 5.41) is 15.4. The van der Waals surface area contributed by atoms with Crippen molar-refractivity contribution in [3.63, 3.8) is 0 Å². The van der Waals surface area contributed by atoms with E-state index in [2.05, 4.69) is 10.5 Å². The van der Waals surface area contributed by atoms with E-state index in [1.54, 1.807) is 6.07 Å². The van der Waals surface area contributed by atoms with Gasteiger partial charge in [0.1, 0.15) is 6.61 Å². The second-order valence-corrected chi connectivity index (χ2v) is 4.45. The van der Waals surface area contributed by atoms with Gasteiger partial charge in [0.2, 0.25) is 0 Å². The zero-order chi connectivity index (χ0) is 13.5. The first kappa shape index (κ1) is 14.7. The number of carbonyl (C=O) groups is 1. The maximum atomic E-state index is 11.9. The van der Waals surface area contributed by atoms with Crippen LogP contribution in [0.3, 0.4) is 0 Å².